The lowest BCUT2D eigenvalue weighted by Gasteiger charge is -2.23. The number of aryl methyl sites for hydroxylation is 1. The Morgan fingerprint density at radius 2 is 1.50 bits per heavy atom. The summed E-state index contributed by atoms with van der Waals surface area (Å²) in [6.07, 6.45) is 0. The van der Waals surface area contributed by atoms with Crippen LogP contribution < -0.4 is 10.5 Å². The summed E-state index contributed by atoms with van der Waals surface area (Å²) < 4.78 is 2.57. The van der Waals surface area contributed by atoms with Gasteiger partial charge in [-0.25, -0.2) is 4.98 Å². The van der Waals surface area contributed by atoms with E-state index in [0.29, 0.717) is 16.1 Å². The Morgan fingerprint density at radius 1 is 0.889 bits per heavy atom. The van der Waals surface area contributed by atoms with Crippen molar-refractivity contribution >= 4 is 62.5 Å². The van der Waals surface area contributed by atoms with Gasteiger partial charge in [-0.3, -0.25) is 19.1 Å². The quantitative estimate of drug-likeness (QED) is 0.122. The molecule has 0 saturated heterocycles. The highest BCUT2D eigenvalue weighted by Crippen LogP contribution is 2.28. The number of aromatic nitrogens is 2. The molecule has 1 amide bonds. The van der Waals surface area contributed by atoms with E-state index >= 15 is 0 Å². The van der Waals surface area contributed by atoms with Gasteiger partial charge in [-0.05, 0) is 84.1 Å². The number of fused-ring (bicyclic) bond motifs is 1. The van der Waals surface area contributed by atoms with Crippen LogP contribution in [0.4, 0.5) is 11.4 Å². The second-order valence-electron chi connectivity index (χ2n) is 8.22. The van der Waals surface area contributed by atoms with Gasteiger partial charge in [0, 0.05) is 14.9 Å². The molecule has 7 heteroatoms. The number of halogens is 1. The molecule has 36 heavy (non-hydrogen) atoms. The van der Waals surface area contributed by atoms with E-state index in [0.717, 1.165) is 26.2 Å². The van der Waals surface area contributed by atoms with Crippen molar-refractivity contribution in [2.45, 2.75) is 12.1 Å². The van der Waals surface area contributed by atoms with Gasteiger partial charge in [0.2, 0.25) is 5.91 Å². The third-order valence-electron chi connectivity index (χ3n) is 5.69. The molecule has 5 nitrogen and oxygen atoms in total. The van der Waals surface area contributed by atoms with Gasteiger partial charge in [-0.2, -0.15) is 0 Å². The van der Waals surface area contributed by atoms with Crippen molar-refractivity contribution < 1.29 is 4.79 Å². The first-order valence-corrected chi connectivity index (χ1v) is 13.4. The lowest BCUT2D eigenvalue weighted by Crippen LogP contribution is -2.28. The van der Waals surface area contributed by atoms with Gasteiger partial charge in [-0.1, -0.05) is 65.9 Å². The molecule has 5 aromatic rings. The molecule has 1 aromatic heterocycles. The fraction of sp³-hybridized carbons (Fsp3) is 0.0690. The Bertz CT molecular complexity index is 1550. The average Bonchev–Trinajstić information content (AvgIpc) is 2.90. The second kappa shape index (κ2) is 10.7. The number of benzene rings is 4. The van der Waals surface area contributed by atoms with Crippen molar-refractivity contribution in [1.82, 2.24) is 9.55 Å². The van der Waals surface area contributed by atoms with Gasteiger partial charge in [0.25, 0.3) is 5.56 Å². The van der Waals surface area contributed by atoms with E-state index in [1.807, 2.05) is 110 Å². The Kier molecular flexibility index (Phi) is 7.20. The number of rotatable bonds is 6. The number of anilines is 2. The van der Waals surface area contributed by atoms with Crippen LogP contribution in [0.1, 0.15) is 5.56 Å². The topological polar surface area (TPSA) is 55.2 Å². The maximum absolute atomic E-state index is 13.6. The van der Waals surface area contributed by atoms with Crippen molar-refractivity contribution in [1.29, 1.82) is 0 Å². The molecule has 0 saturated carbocycles. The van der Waals surface area contributed by atoms with Gasteiger partial charge >= 0.3 is 0 Å². The average molecular weight is 603 g/mol. The van der Waals surface area contributed by atoms with Crippen LogP contribution in [-0.2, 0) is 4.79 Å². The third kappa shape index (κ3) is 5.08. The minimum absolute atomic E-state index is 0.107. The summed E-state index contributed by atoms with van der Waals surface area (Å²) in [4.78, 5) is 33.7. The first kappa shape index (κ1) is 24.3. The van der Waals surface area contributed by atoms with Crippen LogP contribution >= 0.6 is 34.4 Å². The van der Waals surface area contributed by atoms with Gasteiger partial charge in [0.1, 0.15) is 0 Å². The van der Waals surface area contributed by atoms with Crippen molar-refractivity contribution in [3.63, 3.8) is 0 Å². The first-order chi connectivity index (χ1) is 17.5. The van der Waals surface area contributed by atoms with E-state index in [1.165, 1.54) is 11.8 Å². The molecular formula is C29H22IN3O2S. The lowest BCUT2D eigenvalue weighted by molar-refractivity contribution is -0.115. The van der Waals surface area contributed by atoms with Crippen molar-refractivity contribution in [2.24, 2.45) is 0 Å². The predicted octanol–water partition coefficient (Wildman–Crippen LogP) is 6.76. The van der Waals surface area contributed by atoms with Crippen LogP contribution in [0.2, 0.25) is 0 Å². The summed E-state index contributed by atoms with van der Waals surface area (Å²) >= 11 is 3.46. The molecule has 0 unspecified atom stereocenters. The number of thioether (sulfide) groups is 1. The van der Waals surface area contributed by atoms with Crippen molar-refractivity contribution in [3.8, 4) is 5.69 Å². The monoisotopic (exact) mass is 603 g/mol. The molecule has 0 N–H and O–H groups in total. The minimum Gasteiger partial charge on any atom is -0.280 e. The van der Waals surface area contributed by atoms with Crippen LogP contribution in [0.5, 0.6) is 0 Å². The molecule has 0 atom stereocenters. The van der Waals surface area contributed by atoms with Crippen LogP contribution in [-0.4, -0.2) is 21.2 Å². The number of hydrogen-bond acceptors (Lipinski definition) is 4. The Balaban J connectivity index is 1.55. The number of hydrogen-bond donors (Lipinski definition) is 0. The molecule has 1 heterocycles. The molecule has 0 fully saturated rings. The third-order valence-corrected chi connectivity index (χ3v) is 7.29. The smallest absolute Gasteiger partial charge is 0.266 e. The van der Waals surface area contributed by atoms with Crippen LogP contribution in [0, 0.1) is 10.5 Å². The van der Waals surface area contributed by atoms with Gasteiger partial charge in [0.15, 0.2) is 5.16 Å². The highest BCUT2D eigenvalue weighted by atomic mass is 127. The summed E-state index contributed by atoms with van der Waals surface area (Å²) in [5, 5.41) is 1.03. The number of carbonyl (C=O) groups excluding carboxylic acids is 1. The Hall–Kier alpha value is -3.43. The zero-order chi connectivity index (χ0) is 25.1. The molecule has 0 bridgehead atoms. The van der Waals surface area contributed by atoms with Gasteiger partial charge < -0.3 is 0 Å². The molecule has 178 valence electrons. The number of amides is 1. The van der Waals surface area contributed by atoms with E-state index in [4.69, 9.17) is 4.98 Å². The fourth-order valence-electron chi connectivity index (χ4n) is 3.94. The number of para-hydroxylation sites is 2. The molecule has 0 aliphatic carbocycles. The zero-order valence-electron chi connectivity index (χ0n) is 19.5. The van der Waals surface area contributed by atoms with Crippen LogP contribution in [0.25, 0.3) is 16.6 Å². The molecule has 5 rings (SSSR count). The molecule has 0 aliphatic heterocycles. The van der Waals surface area contributed by atoms with Crippen molar-refractivity contribution in [2.75, 3.05) is 10.7 Å². The highest BCUT2D eigenvalue weighted by molar-refractivity contribution is 14.1. The summed E-state index contributed by atoms with van der Waals surface area (Å²) in [6, 6.07) is 32.5. The minimum atomic E-state index is -0.153. The Labute approximate surface area is 226 Å². The zero-order valence-corrected chi connectivity index (χ0v) is 22.4. The summed E-state index contributed by atoms with van der Waals surface area (Å²) in [5.41, 5.74) is 3.84. The molecule has 0 radical (unpaired) electrons. The highest BCUT2D eigenvalue weighted by Gasteiger charge is 2.20. The van der Waals surface area contributed by atoms with Gasteiger partial charge in [0.05, 0.1) is 22.3 Å². The van der Waals surface area contributed by atoms with E-state index in [-0.39, 0.29) is 17.2 Å². The van der Waals surface area contributed by atoms with Crippen molar-refractivity contribution in [3.05, 3.63) is 123 Å². The largest absolute Gasteiger partial charge is 0.280 e. The molecule has 0 aliphatic rings. The fourth-order valence-corrected chi connectivity index (χ4v) is 5.29. The maximum atomic E-state index is 13.6. The predicted molar refractivity (Wildman–Crippen MR) is 156 cm³/mol. The van der Waals surface area contributed by atoms with E-state index in [1.54, 1.807) is 9.47 Å². The Morgan fingerprint density at radius 3 is 2.11 bits per heavy atom. The molecular weight excluding hydrogens is 581 g/mol. The van der Waals surface area contributed by atoms with E-state index in [2.05, 4.69) is 22.6 Å². The molecule has 4 aromatic carbocycles. The standard InChI is InChI=1S/C29H22IN3O2S/c1-20-12-15-24(16-13-20)33-28(35)25-18-21(30)14-17-26(25)31-29(33)36-19-27(34)32(22-8-4-2-5-9-22)23-10-6-3-7-11-23/h2-18H,19H2,1H3. The van der Waals surface area contributed by atoms with Crippen LogP contribution in [0.15, 0.2) is 113 Å². The first-order valence-electron chi connectivity index (χ1n) is 11.4. The van der Waals surface area contributed by atoms with Gasteiger partial charge in [-0.15, -0.1) is 0 Å². The molecule has 0 spiro atoms. The lowest BCUT2D eigenvalue weighted by atomic mass is 10.2. The summed E-state index contributed by atoms with van der Waals surface area (Å²) in [7, 11) is 0. The van der Waals surface area contributed by atoms with Crippen LogP contribution in [0.3, 0.4) is 0 Å². The SMILES string of the molecule is Cc1ccc(-n2c(SCC(=O)N(c3ccccc3)c3ccccc3)nc3ccc(I)cc3c2=O)cc1. The van der Waals surface area contributed by atoms with E-state index < -0.39 is 0 Å². The maximum Gasteiger partial charge on any atom is 0.266 e. The number of carbonyl (C=O) groups is 1. The summed E-state index contributed by atoms with van der Waals surface area (Å²) in [5.74, 6) is 0.00244. The number of nitrogens with zero attached hydrogens (tertiary/aromatic N) is 3. The van der Waals surface area contributed by atoms with E-state index in [9.17, 15) is 9.59 Å². The summed E-state index contributed by atoms with van der Waals surface area (Å²) in [6.45, 7) is 2.00. The normalized spacial score (nSPS) is 10.9. The second-order valence-corrected chi connectivity index (χ2v) is 10.4.